The van der Waals surface area contributed by atoms with E-state index in [0.29, 0.717) is 12.0 Å². The van der Waals surface area contributed by atoms with Crippen LogP contribution in [0.15, 0.2) is 188 Å². The number of anilines is 4. The lowest BCUT2D eigenvalue weighted by Crippen LogP contribution is -2.15. The summed E-state index contributed by atoms with van der Waals surface area (Å²) in [5.41, 5.74) is 9.90. The van der Waals surface area contributed by atoms with Crippen molar-refractivity contribution in [2.45, 2.75) is 27.2 Å². The zero-order chi connectivity index (χ0) is 32.9. The molecular formula is C43H42N2O. The van der Waals surface area contributed by atoms with Crippen LogP contribution in [0.4, 0.5) is 22.7 Å². The van der Waals surface area contributed by atoms with Gasteiger partial charge in [0.25, 0.3) is 0 Å². The highest BCUT2D eigenvalue weighted by Crippen LogP contribution is 2.35. The molecule has 0 amide bonds. The summed E-state index contributed by atoms with van der Waals surface area (Å²) in [6, 6.07) is 35.6. The van der Waals surface area contributed by atoms with Gasteiger partial charge >= 0.3 is 0 Å². The molecule has 4 aromatic carbocycles. The van der Waals surface area contributed by atoms with E-state index in [1.54, 1.807) is 13.0 Å². The van der Waals surface area contributed by atoms with E-state index < -0.39 is 0 Å². The van der Waals surface area contributed by atoms with E-state index in [2.05, 4.69) is 114 Å². The van der Waals surface area contributed by atoms with Gasteiger partial charge in [-0.05, 0) is 116 Å². The molecule has 0 aliphatic heterocycles. The number of ketones is 1. The summed E-state index contributed by atoms with van der Waals surface area (Å²) in [5, 5.41) is 0. The Balaban J connectivity index is 1.67. The minimum absolute atomic E-state index is 0.0497. The fourth-order valence-electron chi connectivity index (χ4n) is 5.17. The first-order valence-electron chi connectivity index (χ1n) is 15.4. The number of Topliss-reactive ketones (excluding diaryl/α,β-unsaturated/α-hetero) is 1. The molecule has 0 unspecified atom stereocenters. The number of benzene rings is 4. The molecule has 0 bridgehead atoms. The first-order valence-corrected chi connectivity index (χ1v) is 15.4. The Morgan fingerprint density at radius 3 is 1.37 bits per heavy atom. The maximum Gasteiger partial charge on any atom is 0.162 e. The van der Waals surface area contributed by atoms with E-state index in [4.69, 9.17) is 0 Å². The van der Waals surface area contributed by atoms with E-state index >= 15 is 0 Å². The van der Waals surface area contributed by atoms with Crippen LogP contribution in [0.1, 0.15) is 26.3 Å². The number of para-hydroxylation sites is 1. The number of nitrogens with zero attached hydrogens (tertiary/aromatic N) is 2. The van der Waals surface area contributed by atoms with Crippen molar-refractivity contribution in [3.8, 4) is 11.1 Å². The van der Waals surface area contributed by atoms with Gasteiger partial charge in [-0.25, -0.2) is 0 Å². The van der Waals surface area contributed by atoms with Crippen LogP contribution in [0.5, 0.6) is 0 Å². The van der Waals surface area contributed by atoms with Crippen LogP contribution < -0.4 is 9.80 Å². The number of hydrogen-bond donors (Lipinski definition) is 0. The quantitative estimate of drug-likeness (QED) is 0.106. The molecule has 3 heteroatoms. The zero-order valence-corrected chi connectivity index (χ0v) is 27.1. The number of rotatable bonds is 14. The summed E-state index contributed by atoms with van der Waals surface area (Å²) in [4.78, 5) is 16.6. The van der Waals surface area contributed by atoms with E-state index in [0.717, 1.165) is 50.8 Å². The Labute approximate surface area is 274 Å². The van der Waals surface area contributed by atoms with E-state index in [-0.39, 0.29) is 5.78 Å². The molecule has 0 spiro atoms. The third-order valence-electron chi connectivity index (χ3n) is 7.40. The lowest BCUT2D eigenvalue weighted by molar-refractivity contribution is -0.114. The summed E-state index contributed by atoms with van der Waals surface area (Å²) >= 11 is 0. The average molecular weight is 603 g/mol. The first kappa shape index (κ1) is 33.2. The van der Waals surface area contributed by atoms with Crippen LogP contribution in [0.3, 0.4) is 0 Å². The molecule has 46 heavy (non-hydrogen) atoms. The van der Waals surface area contributed by atoms with Gasteiger partial charge in [0.15, 0.2) is 5.78 Å². The van der Waals surface area contributed by atoms with Crippen molar-refractivity contribution in [2.75, 3.05) is 9.80 Å². The molecule has 0 saturated carbocycles. The molecule has 230 valence electrons. The summed E-state index contributed by atoms with van der Waals surface area (Å²) in [7, 11) is 0. The number of carbonyl (C=O) groups is 1. The van der Waals surface area contributed by atoms with Gasteiger partial charge in [-0.2, -0.15) is 0 Å². The summed E-state index contributed by atoms with van der Waals surface area (Å²) < 4.78 is 0. The molecule has 0 aromatic heterocycles. The molecule has 0 aliphatic carbocycles. The topological polar surface area (TPSA) is 23.6 Å². The van der Waals surface area contributed by atoms with Crippen LogP contribution in [0, 0.1) is 0 Å². The van der Waals surface area contributed by atoms with Crippen molar-refractivity contribution in [3.63, 3.8) is 0 Å². The number of allylic oxidation sites excluding steroid dienone is 9. The smallest absolute Gasteiger partial charge is 0.162 e. The van der Waals surface area contributed by atoms with Gasteiger partial charge in [-0.3, -0.25) is 4.79 Å². The van der Waals surface area contributed by atoms with Crippen molar-refractivity contribution in [1.29, 1.82) is 0 Å². The second-order valence-electron chi connectivity index (χ2n) is 10.8. The third-order valence-corrected chi connectivity index (χ3v) is 7.40. The molecule has 3 nitrogen and oxygen atoms in total. The van der Waals surface area contributed by atoms with Crippen LogP contribution in [0.25, 0.3) is 11.1 Å². The van der Waals surface area contributed by atoms with E-state index in [9.17, 15) is 4.79 Å². The highest BCUT2D eigenvalue weighted by Gasteiger charge is 2.15. The van der Waals surface area contributed by atoms with Crippen molar-refractivity contribution >= 4 is 28.5 Å². The molecule has 0 N–H and O–H groups in total. The van der Waals surface area contributed by atoms with Gasteiger partial charge < -0.3 is 9.80 Å². The Morgan fingerprint density at radius 2 is 1.00 bits per heavy atom. The molecule has 0 atom stereocenters. The van der Waals surface area contributed by atoms with Crippen molar-refractivity contribution in [2.24, 2.45) is 0 Å². The van der Waals surface area contributed by atoms with Gasteiger partial charge in [0.05, 0.1) is 0 Å². The van der Waals surface area contributed by atoms with Gasteiger partial charge in [0, 0.05) is 40.6 Å². The second-order valence-corrected chi connectivity index (χ2v) is 10.8. The molecule has 4 rings (SSSR count). The minimum Gasteiger partial charge on any atom is -0.311 e. The monoisotopic (exact) mass is 602 g/mol. The standard InChI is InChI=1S/C43H42N2O/c1-7-14-37(15-8-2)44(39-18-12-11-13-19-39)41-28-22-35(23-29-41)36-24-30-42(31-25-36)45(38(16-9-3)17-10-4)40-26-20-34(21-27-40)32-43(46)33(5)6/h7-31H,1,3,5,32H2,2,4,6H3/b15-8-,17-10-,37-14+,38-16+. The first-order chi connectivity index (χ1) is 22.4. The van der Waals surface area contributed by atoms with Gasteiger partial charge in [-0.1, -0.05) is 98.6 Å². The summed E-state index contributed by atoms with van der Waals surface area (Å²) in [6.07, 6.45) is 16.2. The van der Waals surface area contributed by atoms with Crippen molar-refractivity contribution in [3.05, 3.63) is 194 Å². The van der Waals surface area contributed by atoms with Gasteiger partial charge in [0.1, 0.15) is 0 Å². The normalized spacial score (nSPS) is 11.9. The van der Waals surface area contributed by atoms with Gasteiger partial charge in [0.2, 0.25) is 0 Å². The van der Waals surface area contributed by atoms with Crippen LogP contribution >= 0.6 is 0 Å². The number of hydrogen-bond acceptors (Lipinski definition) is 3. The summed E-state index contributed by atoms with van der Waals surface area (Å²) in [5.74, 6) is 0.0497. The predicted octanol–water partition coefficient (Wildman–Crippen LogP) is 11.6. The largest absolute Gasteiger partial charge is 0.311 e. The minimum atomic E-state index is 0.0497. The van der Waals surface area contributed by atoms with Crippen LogP contribution in [-0.4, -0.2) is 5.78 Å². The SMILES string of the molecule is C=C/C=C(\C=C/C)N(c1ccccc1)c1ccc(-c2ccc(N(C(/C=C\C)=C/C=C)c3ccc(CC(=O)C(=C)C)cc3)cc2)cc1. The number of carbonyl (C=O) groups excluding carboxylic acids is 1. The Hall–Kier alpha value is -5.67. The Kier molecular flexibility index (Phi) is 11.9. The fourth-order valence-corrected chi connectivity index (χ4v) is 5.17. The summed E-state index contributed by atoms with van der Waals surface area (Å²) in [6.45, 7) is 17.4. The molecular weight excluding hydrogens is 560 g/mol. The maximum atomic E-state index is 12.2. The van der Waals surface area contributed by atoms with Gasteiger partial charge in [-0.15, -0.1) is 0 Å². The van der Waals surface area contributed by atoms with E-state index in [1.165, 1.54) is 0 Å². The average Bonchev–Trinajstić information content (AvgIpc) is 3.07. The molecule has 0 heterocycles. The third kappa shape index (κ3) is 8.28. The fraction of sp³-hybridized carbons (Fsp3) is 0.0930. The van der Waals surface area contributed by atoms with Crippen molar-refractivity contribution < 1.29 is 4.79 Å². The van der Waals surface area contributed by atoms with Crippen molar-refractivity contribution in [1.82, 2.24) is 0 Å². The van der Waals surface area contributed by atoms with E-state index in [1.807, 2.05) is 74.6 Å². The molecule has 0 saturated heterocycles. The Bertz CT molecular complexity index is 1770. The molecule has 0 aliphatic rings. The molecule has 4 aromatic rings. The van der Waals surface area contributed by atoms with Crippen LogP contribution in [0.2, 0.25) is 0 Å². The highest BCUT2D eigenvalue weighted by molar-refractivity contribution is 5.95. The second kappa shape index (κ2) is 16.4. The Morgan fingerprint density at radius 1 is 0.609 bits per heavy atom. The zero-order valence-electron chi connectivity index (χ0n) is 27.1. The predicted molar refractivity (Wildman–Crippen MR) is 199 cm³/mol. The molecule has 0 fully saturated rings. The van der Waals surface area contributed by atoms with Crippen LogP contribution in [-0.2, 0) is 11.2 Å². The lowest BCUT2D eigenvalue weighted by Gasteiger charge is -2.27. The highest BCUT2D eigenvalue weighted by atomic mass is 16.1. The molecule has 0 radical (unpaired) electrons. The lowest BCUT2D eigenvalue weighted by atomic mass is 10.0. The maximum absolute atomic E-state index is 12.2.